The van der Waals surface area contributed by atoms with Gasteiger partial charge in [-0.1, -0.05) is 17.7 Å². The van der Waals surface area contributed by atoms with E-state index in [0.29, 0.717) is 6.04 Å². The van der Waals surface area contributed by atoms with Crippen LogP contribution in [0.15, 0.2) is 23.2 Å². The minimum absolute atomic E-state index is 0.236. The molecule has 1 aromatic rings. The molecule has 3 rings (SSSR count). The quantitative estimate of drug-likeness (QED) is 0.596. The van der Waals surface area contributed by atoms with Crippen LogP contribution in [0.5, 0.6) is 5.75 Å². The van der Waals surface area contributed by atoms with Crippen molar-refractivity contribution in [1.29, 1.82) is 0 Å². The Morgan fingerprint density at radius 3 is 3.08 bits per heavy atom. The molecular formula is C20H32N4O2. The van der Waals surface area contributed by atoms with Crippen LogP contribution in [0.1, 0.15) is 24.0 Å². The van der Waals surface area contributed by atoms with Crippen molar-refractivity contribution in [3.8, 4) is 5.75 Å². The molecule has 2 N–H and O–H groups in total. The van der Waals surface area contributed by atoms with Crippen LogP contribution in [0.25, 0.3) is 0 Å². The molecule has 0 radical (unpaired) electrons. The maximum Gasteiger partial charge on any atom is 0.191 e. The zero-order valence-corrected chi connectivity index (χ0v) is 16.3. The molecule has 6 nitrogen and oxygen atoms in total. The van der Waals surface area contributed by atoms with Crippen LogP contribution in [-0.2, 0) is 11.2 Å². The van der Waals surface area contributed by atoms with E-state index in [0.717, 1.165) is 44.4 Å². The smallest absolute Gasteiger partial charge is 0.191 e. The average molecular weight is 361 g/mol. The van der Waals surface area contributed by atoms with Crippen LogP contribution < -0.4 is 15.4 Å². The van der Waals surface area contributed by atoms with Crippen molar-refractivity contribution < 1.29 is 9.47 Å². The highest BCUT2D eigenvalue weighted by Crippen LogP contribution is 2.22. The number of benzene rings is 1. The number of fused-ring (bicyclic) bond motifs is 1. The molecule has 0 amide bonds. The summed E-state index contributed by atoms with van der Waals surface area (Å²) in [5, 5.41) is 6.79. The fourth-order valence-electron chi connectivity index (χ4n) is 3.86. The van der Waals surface area contributed by atoms with Gasteiger partial charge in [-0.05, 0) is 44.4 Å². The number of aliphatic imine (C=N–C) groups is 1. The summed E-state index contributed by atoms with van der Waals surface area (Å²) in [5.41, 5.74) is 2.46. The van der Waals surface area contributed by atoms with Crippen molar-refractivity contribution in [2.75, 3.05) is 46.9 Å². The van der Waals surface area contributed by atoms with E-state index in [2.05, 4.69) is 39.6 Å². The van der Waals surface area contributed by atoms with E-state index in [1.807, 2.05) is 6.07 Å². The van der Waals surface area contributed by atoms with Crippen LogP contribution in [-0.4, -0.2) is 69.9 Å². The van der Waals surface area contributed by atoms with Gasteiger partial charge in [0.25, 0.3) is 0 Å². The van der Waals surface area contributed by atoms with E-state index < -0.39 is 0 Å². The van der Waals surface area contributed by atoms with E-state index in [-0.39, 0.29) is 6.10 Å². The number of nitrogens with zero attached hydrogens (tertiary/aromatic N) is 2. The van der Waals surface area contributed by atoms with Gasteiger partial charge in [0.15, 0.2) is 5.96 Å². The Morgan fingerprint density at radius 1 is 1.38 bits per heavy atom. The van der Waals surface area contributed by atoms with Gasteiger partial charge in [0, 0.05) is 32.7 Å². The van der Waals surface area contributed by atoms with Gasteiger partial charge in [0.05, 0.1) is 19.8 Å². The van der Waals surface area contributed by atoms with Crippen LogP contribution >= 0.6 is 0 Å². The fraction of sp³-hybridized carbons (Fsp3) is 0.650. The highest BCUT2D eigenvalue weighted by atomic mass is 16.5. The number of guanidine groups is 1. The lowest BCUT2D eigenvalue weighted by molar-refractivity contribution is -0.0453. The first-order valence-corrected chi connectivity index (χ1v) is 9.63. The van der Waals surface area contributed by atoms with Gasteiger partial charge >= 0.3 is 0 Å². The monoisotopic (exact) mass is 360 g/mol. The van der Waals surface area contributed by atoms with E-state index in [9.17, 15) is 0 Å². The van der Waals surface area contributed by atoms with Crippen molar-refractivity contribution in [2.45, 2.75) is 38.3 Å². The second-order valence-corrected chi connectivity index (χ2v) is 7.19. The highest BCUT2D eigenvalue weighted by Gasteiger charge is 2.32. The van der Waals surface area contributed by atoms with Gasteiger partial charge in [0.1, 0.15) is 5.75 Å². The summed E-state index contributed by atoms with van der Waals surface area (Å²) in [6, 6.07) is 6.93. The number of hydrogen-bond acceptors (Lipinski definition) is 4. The summed E-state index contributed by atoms with van der Waals surface area (Å²) in [5.74, 6) is 1.76. The molecule has 0 aromatic heterocycles. The van der Waals surface area contributed by atoms with Gasteiger partial charge in [-0.15, -0.1) is 0 Å². The first kappa shape index (κ1) is 19.0. The van der Waals surface area contributed by atoms with Crippen molar-refractivity contribution in [2.24, 2.45) is 4.99 Å². The predicted molar refractivity (Wildman–Crippen MR) is 105 cm³/mol. The number of rotatable bonds is 6. The van der Waals surface area contributed by atoms with E-state index >= 15 is 0 Å². The third-order valence-corrected chi connectivity index (χ3v) is 5.31. The van der Waals surface area contributed by atoms with Gasteiger partial charge in [0.2, 0.25) is 0 Å². The summed E-state index contributed by atoms with van der Waals surface area (Å²) in [6.07, 6.45) is 3.71. The summed E-state index contributed by atoms with van der Waals surface area (Å²) in [4.78, 5) is 6.89. The maximum atomic E-state index is 6.00. The Morgan fingerprint density at radius 2 is 2.27 bits per heavy atom. The Bertz CT molecular complexity index is 620. The Balaban J connectivity index is 1.42. The third kappa shape index (κ3) is 4.89. The molecule has 1 aromatic carbocycles. The molecule has 2 fully saturated rings. The summed E-state index contributed by atoms with van der Waals surface area (Å²) in [6.45, 7) is 6.80. The Labute approximate surface area is 157 Å². The van der Waals surface area contributed by atoms with E-state index in [1.54, 1.807) is 14.2 Å². The molecule has 26 heavy (non-hydrogen) atoms. The molecule has 2 heterocycles. The summed E-state index contributed by atoms with van der Waals surface area (Å²) < 4.78 is 11.5. The highest BCUT2D eigenvalue weighted by molar-refractivity contribution is 5.79. The van der Waals surface area contributed by atoms with Crippen LogP contribution in [0, 0.1) is 6.92 Å². The van der Waals surface area contributed by atoms with Crippen LogP contribution in [0.3, 0.4) is 0 Å². The fourth-order valence-corrected chi connectivity index (χ4v) is 3.86. The van der Waals surface area contributed by atoms with Crippen molar-refractivity contribution >= 4 is 5.96 Å². The third-order valence-electron chi connectivity index (χ3n) is 5.31. The van der Waals surface area contributed by atoms with Gasteiger partial charge < -0.3 is 20.1 Å². The second-order valence-electron chi connectivity index (χ2n) is 7.19. The molecule has 2 unspecified atom stereocenters. The number of morpholine rings is 1. The second kappa shape index (κ2) is 9.24. The summed E-state index contributed by atoms with van der Waals surface area (Å²) >= 11 is 0. The molecule has 0 aliphatic carbocycles. The SMILES string of the molecule is CN=C(NCCc1cc(C)ccc1OC)NCC1CN2CCCC2CO1. The minimum Gasteiger partial charge on any atom is -0.496 e. The topological polar surface area (TPSA) is 58.1 Å². The van der Waals surface area contributed by atoms with Crippen LogP contribution in [0.4, 0.5) is 0 Å². The molecule has 0 spiro atoms. The normalized spacial score (nSPS) is 23.6. The molecule has 144 valence electrons. The predicted octanol–water partition coefficient (Wildman–Crippen LogP) is 1.57. The zero-order valence-electron chi connectivity index (χ0n) is 16.3. The van der Waals surface area contributed by atoms with E-state index in [1.165, 1.54) is 30.5 Å². The lowest BCUT2D eigenvalue weighted by atomic mass is 10.1. The van der Waals surface area contributed by atoms with Crippen molar-refractivity contribution in [3.63, 3.8) is 0 Å². The number of methoxy groups -OCH3 is 1. The minimum atomic E-state index is 0.236. The van der Waals surface area contributed by atoms with E-state index in [4.69, 9.17) is 9.47 Å². The molecule has 0 saturated carbocycles. The Kier molecular flexibility index (Phi) is 6.74. The molecule has 2 atom stereocenters. The average Bonchev–Trinajstić information content (AvgIpc) is 3.12. The van der Waals surface area contributed by atoms with Gasteiger partial charge in [-0.2, -0.15) is 0 Å². The molecule has 2 saturated heterocycles. The number of hydrogen-bond donors (Lipinski definition) is 2. The van der Waals surface area contributed by atoms with Crippen molar-refractivity contribution in [1.82, 2.24) is 15.5 Å². The van der Waals surface area contributed by atoms with Gasteiger partial charge in [-0.3, -0.25) is 9.89 Å². The molecular weight excluding hydrogens is 328 g/mol. The lowest BCUT2D eigenvalue weighted by Crippen LogP contribution is -2.51. The standard InChI is InChI=1S/C20H32N4O2/c1-15-6-7-19(25-3)16(11-15)8-9-22-20(21-2)23-12-18-13-24-10-4-5-17(24)14-26-18/h6-7,11,17-18H,4-5,8-10,12-14H2,1-3H3,(H2,21,22,23). The first-order valence-electron chi connectivity index (χ1n) is 9.63. The van der Waals surface area contributed by atoms with Crippen molar-refractivity contribution in [3.05, 3.63) is 29.3 Å². The molecule has 0 bridgehead atoms. The number of ether oxygens (including phenoxy) is 2. The first-order chi connectivity index (χ1) is 12.7. The zero-order chi connectivity index (χ0) is 18.4. The largest absolute Gasteiger partial charge is 0.496 e. The molecule has 6 heteroatoms. The molecule has 2 aliphatic heterocycles. The van der Waals surface area contributed by atoms with Gasteiger partial charge in [-0.25, -0.2) is 0 Å². The lowest BCUT2D eigenvalue weighted by Gasteiger charge is -2.35. The van der Waals surface area contributed by atoms with Crippen LogP contribution in [0.2, 0.25) is 0 Å². The maximum absolute atomic E-state index is 6.00. The molecule has 2 aliphatic rings. The number of nitrogens with one attached hydrogen (secondary N) is 2. The number of aryl methyl sites for hydroxylation is 1. The summed E-state index contributed by atoms with van der Waals surface area (Å²) in [7, 11) is 3.53. The Hall–Kier alpha value is -1.79.